The number of nitrogens with zero attached hydrogens (tertiary/aromatic N) is 3. The molecule has 3 aliphatic heterocycles. The van der Waals surface area contributed by atoms with E-state index >= 15 is 0 Å². The highest BCUT2D eigenvalue weighted by Crippen LogP contribution is 2.47. The second-order valence-corrected chi connectivity index (χ2v) is 12.5. The van der Waals surface area contributed by atoms with E-state index in [-0.39, 0.29) is 34.7 Å². The molecule has 1 saturated carbocycles. The van der Waals surface area contributed by atoms with E-state index in [0.29, 0.717) is 6.42 Å². The van der Waals surface area contributed by atoms with Crippen molar-refractivity contribution >= 4 is 37.8 Å². The molecule has 0 aromatic heterocycles. The van der Waals surface area contributed by atoms with E-state index in [1.54, 1.807) is 24.3 Å². The van der Waals surface area contributed by atoms with E-state index in [2.05, 4.69) is 30.7 Å². The van der Waals surface area contributed by atoms with Crippen LogP contribution in [0.25, 0.3) is 0 Å². The van der Waals surface area contributed by atoms with Crippen LogP contribution in [0.1, 0.15) is 32.1 Å². The van der Waals surface area contributed by atoms with Crippen LogP contribution < -0.4 is 0 Å². The van der Waals surface area contributed by atoms with Crippen LogP contribution in [0.5, 0.6) is 0 Å². The van der Waals surface area contributed by atoms with Gasteiger partial charge in [-0.2, -0.15) is 0 Å². The van der Waals surface area contributed by atoms with Crippen LogP contribution in [0.3, 0.4) is 0 Å². The van der Waals surface area contributed by atoms with E-state index in [4.69, 9.17) is 4.74 Å². The summed E-state index contributed by atoms with van der Waals surface area (Å²) in [7, 11) is -3.57. The van der Waals surface area contributed by atoms with Gasteiger partial charge in [0.25, 0.3) is 0 Å². The molecule has 2 saturated heterocycles. The Labute approximate surface area is 197 Å². The number of rotatable bonds is 4. The molecule has 3 heterocycles. The van der Waals surface area contributed by atoms with Gasteiger partial charge in [-0.25, -0.2) is 8.42 Å². The second kappa shape index (κ2) is 8.66. The van der Waals surface area contributed by atoms with Gasteiger partial charge in [0.15, 0.2) is 9.84 Å². The number of carbonyl (C=O) groups excluding carboxylic acids is 1. The number of ether oxygens (including phenoxy) is 1. The average Bonchev–Trinajstić information content (AvgIpc) is 3.15. The number of hydrogen-bond donors (Lipinski definition) is 0. The van der Waals surface area contributed by atoms with E-state index in [1.807, 2.05) is 18.6 Å². The number of aliphatic imine (C=N–C) groups is 1. The Morgan fingerprint density at radius 3 is 2.62 bits per heavy atom. The summed E-state index contributed by atoms with van der Waals surface area (Å²) >= 11 is 3.34. The molecular formula is C23H28BrN3O4S. The maximum Gasteiger partial charge on any atom is 0.181 e. The Morgan fingerprint density at radius 1 is 1.19 bits per heavy atom. The van der Waals surface area contributed by atoms with Gasteiger partial charge in [-0.15, -0.1) is 0 Å². The molecule has 1 aromatic rings. The first-order valence-corrected chi connectivity index (χ1v) is 13.5. The lowest BCUT2D eigenvalue weighted by Gasteiger charge is -2.40. The minimum atomic E-state index is -3.57. The highest BCUT2D eigenvalue weighted by atomic mass is 79.9. The average molecular weight is 522 g/mol. The molecule has 3 unspecified atom stereocenters. The van der Waals surface area contributed by atoms with Crippen molar-refractivity contribution in [1.82, 2.24) is 9.80 Å². The molecule has 3 atom stereocenters. The lowest BCUT2D eigenvalue weighted by Crippen LogP contribution is -2.47. The minimum Gasteiger partial charge on any atom is -0.371 e. The van der Waals surface area contributed by atoms with Crippen LogP contribution in [0.4, 0.5) is 0 Å². The van der Waals surface area contributed by atoms with Crippen molar-refractivity contribution in [3.63, 3.8) is 0 Å². The molecule has 0 N–H and O–H groups in total. The van der Waals surface area contributed by atoms with E-state index in [9.17, 15) is 13.2 Å². The quantitative estimate of drug-likeness (QED) is 0.605. The molecule has 1 spiro atoms. The first-order valence-electron chi connectivity index (χ1n) is 11.2. The summed E-state index contributed by atoms with van der Waals surface area (Å²) < 4.78 is 33.7. The van der Waals surface area contributed by atoms with Gasteiger partial charge in [-0.3, -0.25) is 14.7 Å². The molecule has 9 heteroatoms. The molecule has 7 nitrogen and oxygen atoms in total. The number of piperidine rings is 1. The maximum atomic E-state index is 13.2. The van der Waals surface area contributed by atoms with E-state index in [0.717, 1.165) is 50.0 Å². The fourth-order valence-corrected chi connectivity index (χ4v) is 7.47. The number of ketones is 1. The van der Waals surface area contributed by atoms with Crippen LogP contribution in [-0.2, 0) is 19.4 Å². The highest BCUT2D eigenvalue weighted by Gasteiger charge is 2.54. The van der Waals surface area contributed by atoms with Gasteiger partial charge in [-0.05, 0) is 49.9 Å². The lowest BCUT2D eigenvalue weighted by molar-refractivity contribution is -0.128. The van der Waals surface area contributed by atoms with E-state index < -0.39 is 15.1 Å². The minimum absolute atomic E-state index is 0.0454. The topological polar surface area (TPSA) is 79.3 Å². The first-order chi connectivity index (χ1) is 15.3. The Kier molecular flexibility index (Phi) is 6.03. The largest absolute Gasteiger partial charge is 0.371 e. The van der Waals surface area contributed by atoms with Crippen molar-refractivity contribution in [1.29, 1.82) is 0 Å². The maximum absolute atomic E-state index is 13.2. The summed E-state index contributed by atoms with van der Waals surface area (Å²) in [5.74, 6) is -0.122. The zero-order valence-corrected chi connectivity index (χ0v) is 20.3. The Balaban J connectivity index is 1.23. The summed E-state index contributed by atoms with van der Waals surface area (Å²) in [5, 5.41) is -0.708. The van der Waals surface area contributed by atoms with Gasteiger partial charge in [0.05, 0.1) is 35.1 Å². The number of hydrogen-bond acceptors (Lipinski definition) is 7. The SMILES string of the molecule is O=C1CC(S(=O)(=O)c2ccc(Br)cc2)CC2OC3(CCN(CN4C=CN=CC4)CC3)CC12. The van der Waals surface area contributed by atoms with Gasteiger partial charge < -0.3 is 9.64 Å². The summed E-state index contributed by atoms with van der Waals surface area (Å²) in [5.41, 5.74) is -0.295. The predicted molar refractivity (Wildman–Crippen MR) is 125 cm³/mol. The third-order valence-corrected chi connectivity index (χ3v) is 9.99. The molecule has 4 aliphatic rings. The fraction of sp³-hybridized carbons (Fsp3) is 0.565. The zero-order chi connectivity index (χ0) is 22.3. The molecule has 32 heavy (non-hydrogen) atoms. The van der Waals surface area contributed by atoms with Crippen molar-refractivity contribution in [2.45, 2.75) is 54.0 Å². The monoisotopic (exact) mass is 521 g/mol. The normalized spacial score (nSPS) is 30.1. The van der Waals surface area contributed by atoms with Crippen molar-refractivity contribution in [3.8, 4) is 0 Å². The first kappa shape index (κ1) is 22.3. The number of benzene rings is 1. The molecule has 172 valence electrons. The molecular weight excluding hydrogens is 494 g/mol. The van der Waals surface area contributed by atoms with Crippen LogP contribution in [-0.4, -0.2) is 73.5 Å². The number of Topliss-reactive ketones (excluding diaryl/α,β-unsaturated/α-hetero) is 1. The van der Waals surface area contributed by atoms with Crippen molar-refractivity contribution in [2.24, 2.45) is 10.9 Å². The summed E-state index contributed by atoms with van der Waals surface area (Å²) in [6.07, 6.45) is 8.41. The summed E-state index contributed by atoms with van der Waals surface area (Å²) in [6.45, 7) is 3.50. The Bertz CT molecular complexity index is 1030. The number of fused-ring (bicyclic) bond motifs is 1. The molecule has 5 rings (SSSR count). The van der Waals surface area contributed by atoms with Crippen LogP contribution >= 0.6 is 15.9 Å². The van der Waals surface area contributed by atoms with Gasteiger partial charge in [0.1, 0.15) is 5.78 Å². The summed E-state index contributed by atoms with van der Waals surface area (Å²) in [4.78, 5) is 22.0. The fourth-order valence-electron chi connectivity index (χ4n) is 5.48. The van der Waals surface area contributed by atoms with Gasteiger partial charge >= 0.3 is 0 Å². The van der Waals surface area contributed by atoms with Crippen LogP contribution in [0, 0.1) is 5.92 Å². The number of carbonyl (C=O) groups is 1. The number of halogens is 1. The van der Waals surface area contributed by atoms with Crippen LogP contribution in [0.15, 0.2) is 51.0 Å². The Hall–Kier alpha value is -1.55. The van der Waals surface area contributed by atoms with Gasteiger partial charge in [0, 0.05) is 48.5 Å². The third kappa shape index (κ3) is 4.32. The molecule has 1 aromatic carbocycles. The molecule has 0 amide bonds. The summed E-state index contributed by atoms with van der Waals surface area (Å²) in [6, 6.07) is 6.65. The predicted octanol–water partition coefficient (Wildman–Crippen LogP) is 3.01. The van der Waals surface area contributed by atoms with Gasteiger partial charge in [0.2, 0.25) is 0 Å². The molecule has 3 fully saturated rings. The number of likely N-dealkylation sites (tertiary alicyclic amines) is 1. The lowest BCUT2D eigenvalue weighted by atomic mass is 9.79. The second-order valence-electron chi connectivity index (χ2n) is 9.34. The zero-order valence-electron chi connectivity index (χ0n) is 17.9. The number of sulfone groups is 1. The van der Waals surface area contributed by atoms with Gasteiger partial charge in [-0.1, -0.05) is 15.9 Å². The molecule has 0 radical (unpaired) electrons. The Morgan fingerprint density at radius 2 is 1.94 bits per heavy atom. The van der Waals surface area contributed by atoms with Crippen LogP contribution in [0.2, 0.25) is 0 Å². The molecule has 1 aliphatic carbocycles. The van der Waals surface area contributed by atoms with Crippen molar-refractivity contribution < 1.29 is 17.9 Å². The smallest absolute Gasteiger partial charge is 0.181 e. The molecule has 0 bridgehead atoms. The third-order valence-electron chi connectivity index (χ3n) is 7.29. The highest BCUT2D eigenvalue weighted by molar-refractivity contribution is 9.10. The van der Waals surface area contributed by atoms with Crippen molar-refractivity contribution in [2.75, 3.05) is 26.3 Å². The van der Waals surface area contributed by atoms with Crippen molar-refractivity contribution in [3.05, 3.63) is 41.1 Å². The van der Waals surface area contributed by atoms with E-state index in [1.165, 1.54) is 0 Å². The standard InChI is InChI=1S/C23H28BrN3O4S/c24-17-1-3-18(4-2-17)32(29,30)19-13-21(28)20-15-23(31-22(20)14-19)5-9-26(10-6-23)16-27-11-7-25-8-12-27/h1-4,7-8,11,19-20,22H,5-6,9-10,12-16H2.